The fourth-order valence-electron chi connectivity index (χ4n) is 2.97. The smallest absolute Gasteiger partial charge is 0.422 e. The van der Waals surface area contributed by atoms with Crippen molar-refractivity contribution in [3.05, 3.63) is 23.8 Å². The first-order valence-electron chi connectivity index (χ1n) is 8.64. The third-order valence-electron chi connectivity index (χ3n) is 4.50. The Balaban J connectivity index is 1.88. The van der Waals surface area contributed by atoms with Gasteiger partial charge in [-0.15, -0.1) is 0 Å². The van der Waals surface area contributed by atoms with E-state index in [1.807, 2.05) is 11.9 Å². The van der Waals surface area contributed by atoms with E-state index in [-0.39, 0.29) is 17.4 Å². The molecule has 1 aromatic rings. The van der Waals surface area contributed by atoms with Crippen molar-refractivity contribution in [2.75, 3.05) is 33.9 Å². The van der Waals surface area contributed by atoms with Crippen molar-refractivity contribution in [2.45, 2.75) is 37.9 Å². The molecule has 0 unspecified atom stereocenters. The van der Waals surface area contributed by atoms with Gasteiger partial charge >= 0.3 is 6.18 Å². The van der Waals surface area contributed by atoms with Crippen LogP contribution in [0.1, 0.15) is 24.8 Å². The van der Waals surface area contributed by atoms with Gasteiger partial charge in [0, 0.05) is 25.6 Å². The van der Waals surface area contributed by atoms with Crippen LogP contribution >= 0.6 is 0 Å². The summed E-state index contributed by atoms with van der Waals surface area (Å²) in [5.74, 6) is 0.360. The summed E-state index contributed by atoms with van der Waals surface area (Å²) in [4.78, 5) is 14.2. The molecule has 146 valence electrons. The van der Waals surface area contributed by atoms with Crippen molar-refractivity contribution in [1.29, 1.82) is 0 Å². The maximum atomic E-state index is 12.3. The average Bonchev–Trinajstić information content (AvgIpc) is 2.64. The number of methoxy groups -OCH3 is 1. The summed E-state index contributed by atoms with van der Waals surface area (Å²) < 4.78 is 46.7. The van der Waals surface area contributed by atoms with E-state index in [1.54, 1.807) is 12.1 Å². The summed E-state index contributed by atoms with van der Waals surface area (Å²) in [6.45, 7) is 0.125. The molecule has 5 nitrogen and oxygen atoms in total. The van der Waals surface area contributed by atoms with Gasteiger partial charge in [0.05, 0.1) is 7.11 Å². The van der Waals surface area contributed by atoms with Crippen LogP contribution in [0.5, 0.6) is 11.5 Å². The molecule has 0 spiro atoms. The standard InChI is InChI=1S/C18H25F3N2O3/c1-22-14-7-9-23(10-8-14)17(24)6-4-13-3-5-15(16(11-13)25-2)26-12-18(19,20)21/h3,5,11,14,22H,4,6-10,12H2,1-2H3. The van der Waals surface area contributed by atoms with Gasteiger partial charge in [0.2, 0.25) is 5.91 Å². The van der Waals surface area contributed by atoms with E-state index in [4.69, 9.17) is 9.47 Å². The fraction of sp³-hybridized carbons (Fsp3) is 0.611. The molecule has 1 N–H and O–H groups in total. The van der Waals surface area contributed by atoms with Gasteiger partial charge in [0.15, 0.2) is 18.1 Å². The Morgan fingerprint density at radius 2 is 1.96 bits per heavy atom. The lowest BCUT2D eigenvalue weighted by atomic mass is 10.0. The molecule has 2 rings (SSSR count). The predicted octanol–water partition coefficient (Wildman–Crippen LogP) is 2.78. The second kappa shape index (κ2) is 9.12. The molecule has 8 heteroatoms. The van der Waals surface area contributed by atoms with E-state index >= 15 is 0 Å². The number of hydrogen-bond donors (Lipinski definition) is 1. The van der Waals surface area contributed by atoms with Crippen LogP contribution in [0.2, 0.25) is 0 Å². The lowest BCUT2D eigenvalue weighted by Crippen LogP contribution is -2.44. The molecule has 1 aliphatic rings. The number of benzene rings is 1. The number of aryl methyl sites for hydroxylation is 1. The van der Waals surface area contributed by atoms with Gasteiger partial charge in [-0.25, -0.2) is 0 Å². The molecule has 1 heterocycles. The molecule has 0 radical (unpaired) electrons. The van der Waals surface area contributed by atoms with E-state index < -0.39 is 12.8 Å². The highest BCUT2D eigenvalue weighted by Crippen LogP contribution is 2.30. The highest BCUT2D eigenvalue weighted by atomic mass is 19.4. The number of halogens is 3. The number of amides is 1. The minimum atomic E-state index is -4.41. The molecular formula is C18H25F3N2O3. The predicted molar refractivity (Wildman–Crippen MR) is 91.5 cm³/mol. The second-order valence-electron chi connectivity index (χ2n) is 6.33. The number of piperidine rings is 1. The van der Waals surface area contributed by atoms with Gasteiger partial charge in [-0.1, -0.05) is 6.07 Å². The Labute approximate surface area is 151 Å². The van der Waals surface area contributed by atoms with Crippen molar-refractivity contribution in [1.82, 2.24) is 10.2 Å². The molecule has 1 aromatic carbocycles. The summed E-state index contributed by atoms with van der Waals surface area (Å²) in [5.41, 5.74) is 0.819. The average molecular weight is 374 g/mol. The molecule has 1 fully saturated rings. The molecule has 0 aromatic heterocycles. The molecule has 0 saturated carbocycles. The van der Waals surface area contributed by atoms with Crippen molar-refractivity contribution in [3.63, 3.8) is 0 Å². The van der Waals surface area contributed by atoms with Gasteiger partial charge in [0.25, 0.3) is 0 Å². The minimum absolute atomic E-state index is 0.0361. The van der Waals surface area contributed by atoms with E-state index in [1.165, 1.54) is 13.2 Å². The van der Waals surface area contributed by atoms with Crippen LogP contribution in [0.4, 0.5) is 13.2 Å². The van der Waals surface area contributed by atoms with E-state index in [2.05, 4.69) is 5.32 Å². The monoisotopic (exact) mass is 374 g/mol. The molecule has 0 bridgehead atoms. The number of carbonyl (C=O) groups is 1. The third-order valence-corrected chi connectivity index (χ3v) is 4.50. The van der Waals surface area contributed by atoms with Crippen LogP contribution in [0.15, 0.2) is 18.2 Å². The summed E-state index contributed by atoms with van der Waals surface area (Å²) in [6, 6.07) is 5.19. The first-order valence-corrected chi connectivity index (χ1v) is 8.64. The first kappa shape index (κ1) is 20.4. The van der Waals surface area contributed by atoms with Gasteiger partial charge in [-0.3, -0.25) is 4.79 Å². The summed E-state index contributed by atoms with van der Waals surface area (Å²) in [6.07, 6.45) is -1.66. The Bertz CT molecular complexity index is 600. The van der Waals surface area contributed by atoms with E-state index in [0.29, 0.717) is 18.9 Å². The van der Waals surface area contributed by atoms with Crippen molar-refractivity contribution >= 4 is 5.91 Å². The number of rotatable bonds is 7. The zero-order valence-corrected chi connectivity index (χ0v) is 15.1. The Kier molecular flexibility index (Phi) is 7.14. The van der Waals surface area contributed by atoms with Gasteiger partial charge in [-0.2, -0.15) is 13.2 Å². The number of carbonyl (C=O) groups excluding carboxylic acids is 1. The summed E-state index contributed by atoms with van der Waals surface area (Å²) in [5, 5.41) is 3.22. The van der Waals surface area contributed by atoms with Gasteiger partial charge < -0.3 is 19.7 Å². The molecular weight excluding hydrogens is 349 g/mol. The lowest BCUT2D eigenvalue weighted by molar-refractivity contribution is -0.153. The molecule has 0 atom stereocenters. The molecule has 1 aliphatic heterocycles. The minimum Gasteiger partial charge on any atom is -0.493 e. The van der Waals surface area contributed by atoms with Gasteiger partial charge in [0.1, 0.15) is 0 Å². The largest absolute Gasteiger partial charge is 0.493 e. The van der Waals surface area contributed by atoms with Crippen LogP contribution in [0.3, 0.4) is 0 Å². The zero-order chi connectivity index (χ0) is 19.2. The van der Waals surface area contributed by atoms with E-state index in [0.717, 1.165) is 31.5 Å². The molecule has 1 saturated heterocycles. The number of nitrogens with one attached hydrogen (secondary N) is 1. The SMILES string of the molecule is CNC1CCN(C(=O)CCc2ccc(OCC(F)(F)F)c(OC)c2)CC1. The Morgan fingerprint density at radius 1 is 1.27 bits per heavy atom. The number of ether oxygens (including phenoxy) is 2. The fourth-order valence-corrected chi connectivity index (χ4v) is 2.97. The summed E-state index contributed by atoms with van der Waals surface area (Å²) in [7, 11) is 3.30. The molecule has 26 heavy (non-hydrogen) atoms. The Hall–Kier alpha value is -1.96. The van der Waals surface area contributed by atoms with Crippen LogP contribution in [-0.4, -0.2) is 56.9 Å². The number of hydrogen-bond acceptors (Lipinski definition) is 4. The quantitative estimate of drug-likeness (QED) is 0.797. The molecule has 1 amide bonds. The number of likely N-dealkylation sites (tertiary alicyclic amines) is 1. The first-order chi connectivity index (χ1) is 12.3. The second-order valence-corrected chi connectivity index (χ2v) is 6.33. The zero-order valence-electron chi connectivity index (χ0n) is 15.1. The van der Waals surface area contributed by atoms with Crippen molar-refractivity contribution < 1.29 is 27.4 Å². The highest BCUT2D eigenvalue weighted by Gasteiger charge is 2.29. The van der Waals surface area contributed by atoms with Crippen LogP contribution in [0, 0.1) is 0 Å². The number of alkyl halides is 3. The van der Waals surface area contributed by atoms with Crippen LogP contribution < -0.4 is 14.8 Å². The number of nitrogens with zero attached hydrogens (tertiary/aromatic N) is 1. The topological polar surface area (TPSA) is 50.8 Å². The Morgan fingerprint density at radius 3 is 2.54 bits per heavy atom. The van der Waals surface area contributed by atoms with Crippen molar-refractivity contribution in [3.8, 4) is 11.5 Å². The van der Waals surface area contributed by atoms with Crippen LogP contribution in [-0.2, 0) is 11.2 Å². The highest BCUT2D eigenvalue weighted by molar-refractivity contribution is 5.76. The van der Waals surface area contributed by atoms with E-state index in [9.17, 15) is 18.0 Å². The van der Waals surface area contributed by atoms with Gasteiger partial charge in [-0.05, 0) is 44.0 Å². The van der Waals surface area contributed by atoms with Crippen LogP contribution in [0.25, 0.3) is 0 Å². The lowest BCUT2D eigenvalue weighted by Gasteiger charge is -2.31. The maximum absolute atomic E-state index is 12.3. The maximum Gasteiger partial charge on any atom is 0.422 e. The summed E-state index contributed by atoms with van der Waals surface area (Å²) >= 11 is 0. The van der Waals surface area contributed by atoms with Crippen molar-refractivity contribution in [2.24, 2.45) is 0 Å². The third kappa shape index (κ3) is 6.09. The molecule has 0 aliphatic carbocycles. The normalized spacial score (nSPS) is 15.8.